The minimum absolute atomic E-state index is 0. The fourth-order valence-electron chi connectivity index (χ4n) is 1.61. The monoisotopic (exact) mass is 518 g/mol. The van der Waals surface area contributed by atoms with E-state index in [2.05, 4.69) is 6.42 Å². The van der Waals surface area contributed by atoms with Gasteiger partial charge in [-0.2, -0.15) is 0 Å². The minimum Gasteiger partial charge on any atom is 0 e. The summed E-state index contributed by atoms with van der Waals surface area (Å²) >= 11 is 1.28. The topological polar surface area (TPSA) is 35.5 Å². The second-order valence-electron chi connectivity index (χ2n) is 3.89. The molecule has 0 atom stereocenters. The number of rotatable bonds is 4. The number of carbonyl (C=O) groups is 1. The molecule has 20 heavy (non-hydrogen) atoms. The van der Waals surface area contributed by atoms with Crippen LogP contribution in [0.25, 0.3) is 0 Å². The number of esters is 1. The second kappa shape index (κ2) is 10.7. The second-order valence-corrected chi connectivity index (χ2v) is 5.36. The third kappa shape index (κ3) is 6.65. The number of allylic oxidation sites excluding steroid dienone is 3. The molecule has 1 rings (SSSR count). The first-order valence-electron chi connectivity index (χ1n) is 6.03. The van der Waals surface area contributed by atoms with Crippen LogP contribution in [0.3, 0.4) is 0 Å². The first kappa shape index (κ1) is 20.0. The Morgan fingerprint density at radius 3 is 2.80 bits per heavy atom. The van der Waals surface area contributed by atoms with E-state index in [-0.39, 0.29) is 38.7 Å². The summed E-state index contributed by atoms with van der Waals surface area (Å²) in [6, 6.07) is 0. The van der Waals surface area contributed by atoms with Crippen LogP contribution in [-0.4, -0.2) is 23.6 Å². The van der Waals surface area contributed by atoms with Gasteiger partial charge >= 0.3 is 125 Å². The van der Waals surface area contributed by atoms with Crippen LogP contribution in [0.15, 0.2) is 29.1 Å². The zero-order valence-corrected chi connectivity index (χ0v) is 17.5. The molecule has 0 aromatic carbocycles. The molecular weight excluding hydrogens is 501 g/mol. The van der Waals surface area contributed by atoms with Crippen LogP contribution in [0.5, 0.6) is 0 Å². The Bertz CT molecular complexity index is 438. The van der Waals surface area contributed by atoms with Gasteiger partial charge in [0.05, 0.1) is 0 Å². The Labute approximate surface area is 157 Å². The van der Waals surface area contributed by atoms with Crippen molar-refractivity contribution in [2.45, 2.75) is 19.8 Å². The van der Waals surface area contributed by atoms with Crippen LogP contribution in [0, 0.1) is 19.4 Å². The Morgan fingerprint density at radius 2 is 2.20 bits per heavy atom. The van der Waals surface area contributed by atoms with Gasteiger partial charge in [0.15, 0.2) is 0 Å². The molecule has 0 heterocycles. The SMILES string of the molecule is [CH-]=C(/C=C1/C[CH-]C[CH-]/C(=C\C(=O)OCC)[C]1=[W])OC.[Y]. The number of hydrogen-bond acceptors (Lipinski definition) is 3. The van der Waals surface area contributed by atoms with Gasteiger partial charge in [-0.3, -0.25) is 0 Å². The van der Waals surface area contributed by atoms with Crippen LogP contribution >= 0.6 is 0 Å². The van der Waals surface area contributed by atoms with E-state index >= 15 is 0 Å². The molecule has 0 aliphatic heterocycles. The average molecular weight is 518 g/mol. The van der Waals surface area contributed by atoms with E-state index in [1.807, 2.05) is 12.5 Å². The summed E-state index contributed by atoms with van der Waals surface area (Å²) in [6.07, 6.45) is 9.18. The van der Waals surface area contributed by atoms with E-state index in [1.165, 1.54) is 26.5 Å². The van der Waals surface area contributed by atoms with Crippen molar-refractivity contribution < 1.29 is 66.3 Å². The molecule has 107 valence electrons. The molecular formula is C15H17O3WY-3. The standard InChI is InChI=1S/C15H17O3.W.Y/c1-4-18-15(16)11-14-8-6-5-7-13(10-14)9-12(2)17-3;;/h2,5,8-9,11H,4,6-7H2,1,3H3;;/q-3;;/b13-9-,14-11+;;. The van der Waals surface area contributed by atoms with Gasteiger partial charge in [0, 0.05) is 32.7 Å². The molecule has 5 heteroatoms. The van der Waals surface area contributed by atoms with Gasteiger partial charge in [0.2, 0.25) is 0 Å². The normalized spacial score (nSPS) is 18.8. The average Bonchev–Trinajstić information content (AvgIpc) is 2.54. The fraction of sp³-hybridized carbons (Fsp3) is 0.333. The van der Waals surface area contributed by atoms with Gasteiger partial charge < -0.3 is 0 Å². The van der Waals surface area contributed by atoms with Crippen molar-refractivity contribution in [3.05, 3.63) is 48.5 Å². The van der Waals surface area contributed by atoms with Gasteiger partial charge in [0.25, 0.3) is 0 Å². The number of methoxy groups -OCH3 is 1. The molecule has 1 radical (unpaired) electrons. The van der Waals surface area contributed by atoms with Crippen molar-refractivity contribution >= 4 is 9.87 Å². The third-order valence-corrected chi connectivity index (χ3v) is 4.32. The molecule has 0 N–H and O–H groups in total. The van der Waals surface area contributed by atoms with E-state index < -0.39 is 0 Å². The summed E-state index contributed by atoms with van der Waals surface area (Å²) < 4.78 is 11.0. The number of ether oxygens (including phenoxy) is 2. The van der Waals surface area contributed by atoms with Gasteiger partial charge in [-0.1, -0.05) is 0 Å². The van der Waals surface area contributed by atoms with Crippen LogP contribution in [0.2, 0.25) is 0 Å². The van der Waals surface area contributed by atoms with Gasteiger partial charge in [-0.25, -0.2) is 0 Å². The molecule has 0 bridgehead atoms. The molecule has 1 fully saturated rings. The summed E-state index contributed by atoms with van der Waals surface area (Å²) in [4.78, 5) is 11.5. The van der Waals surface area contributed by atoms with Crippen molar-refractivity contribution in [2.24, 2.45) is 0 Å². The molecule has 0 unspecified atom stereocenters. The summed E-state index contributed by atoms with van der Waals surface area (Å²) in [5, 5.41) is 0. The Morgan fingerprint density at radius 1 is 1.50 bits per heavy atom. The third-order valence-electron chi connectivity index (χ3n) is 2.53. The van der Waals surface area contributed by atoms with E-state index in [0.29, 0.717) is 12.4 Å². The van der Waals surface area contributed by atoms with E-state index in [0.717, 1.165) is 27.9 Å². The quantitative estimate of drug-likeness (QED) is 0.189. The Hall–Kier alpha value is 0.0222. The maximum absolute atomic E-state index is 11.5. The van der Waals surface area contributed by atoms with Gasteiger partial charge in [-0.05, 0) is 0 Å². The first-order chi connectivity index (χ1) is 9.08. The van der Waals surface area contributed by atoms with Crippen LogP contribution in [-0.2, 0) is 66.3 Å². The first-order valence-corrected chi connectivity index (χ1v) is 7.50. The number of carbonyl (C=O) groups excluding carboxylic acids is 1. The largest absolute Gasteiger partial charge is 0 e. The smallest absolute Gasteiger partial charge is 0 e. The summed E-state index contributed by atoms with van der Waals surface area (Å²) in [5.74, 6) is 0.0666. The maximum atomic E-state index is 11.5. The molecule has 1 saturated carbocycles. The van der Waals surface area contributed by atoms with Crippen molar-refractivity contribution in [3.63, 3.8) is 0 Å². The van der Waals surface area contributed by atoms with Crippen molar-refractivity contribution in [2.75, 3.05) is 13.7 Å². The zero-order valence-electron chi connectivity index (χ0n) is 11.7. The molecule has 0 aromatic heterocycles. The molecule has 1 aliphatic rings. The van der Waals surface area contributed by atoms with Crippen LogP contribution < -0.4 is 0 Å². The van der Waals surface area contributed by atoms with Crippen LogP contribution in [0.4, 0.5) is 0 Å². The van der Waals surface area contributed by atoms with E-state index in [9.17, 15) is 4.79 Å². The van der Waals surface area contributed by atoms with Gasteiger partial charge in [-0.15, -0.1) is 0 Å². The summed E-state index contributed by atoms with van der Waals surface area (Å²) in [7, 11) is 1.54. The predicted octanol–water partition coefficient (Wildman–Crippen LogP) is 2.28. The number of hydrogen-bond donors (Lipinski definition) is 0. The molecule has 0 aromatic rings. The van der Waals surface area contributed by atoms with Crippen molar-refractivity contribution in [1.82, 2.24) is 0 Å². The molecule has 0 spiro atoms. The Kier molecular flexibility index (Phi) is 10.7. The molecule has 3 nitrogen and oxygen atoms in total. The zero-order chi connectivity index (χ0) is 14.3. The van der Waals surface area contributed by atoms with Crippen molar-refractivity contribution in [3.8, 4) is 0 Å². The fourth-order valence-corrected chi connectivity index (χ4v) is 2.63. The molecule has 0 saturated heterocycles. The van der Waals surface area contributed by atoms with Gasteiger partial charge in [0.1, 0.15) is 0 Å². The summed E-state index contributed by atoms with van der Waals surface area (Å²) in [6.45, 7) is 7.87. The predicted molar refractivity (Wildman–Crippen MR) is 70.5 cm³/mol. The van der Waals surface area contributed by atoms with E-state index in [4.69, 9.17) is 16.1 Å². The van der Waals surface area contributed by atoms with Crippen molar-refractivity contribution in [1.29, 1.82) is 0 Å². The molecule has 0 amide bonds. The van der Waals surface area contributed by atoms with Crippen LogP contribution in [0.1, 0.15) is 19.8 Å². The Balaban J connectivity index is 0.00000361. The van der Waals surface area contributed by atoms with E-state index in [1.54, 1.807) is 13.0 Å². The maximum Gasteiger partial charge on any atom is 0 e. The molecule has 1 aliphatic carbocycles. The minimum atomic E-state index is -0.308. The summed E-state index contributed by atoms with van der Waals surface area (Å²) in [5.41, 5.74) is 2.00.